The summed E-state index contributed by atoms with van der Waals surface area (Å²) in [5.41, 5.74) is -0.340. The molecule has 2 heterocycles. The molecule has 116 valence electrons. The van der Waals surface area contributed by atoms with Gasteiger partial charge in [-0.15, -0.1) is 0 Å². The van der Waals surface area contributed by atoms with Crippen LogP contribution in [0, 0.1) is 0 Å². The van der Waals surface area contributed by atoms with Crippen molar-refractivity contribution in [2.75, 3.05) is 39.8 Å². The number of morpholine rings is 1. The Kier molecular flexibility index (Phi) is 4.05. The molecule has 0 saturated carbocycles. The second-order valence-electron chi connectivity index (χ2n) is 6.02. The van der Waals surface area contributed by atoms with Crippen LogP contribution in [0.5, 0.6) is 0 Å². The molecule has 1 atom stereocenters. The van der Waals surface area contributed by atoms with Crippen molar-refractivity contribution in [2.24, 2.45) is 0 Å². The summed E-state index contributed by atoms with van der Waals surface area (Å²) in [5.74, 6) is 0. The highest BCUT2D eigenvalue weighted by Crippen LogP contribution is 2.31. The van der Waals surface area contributed by atoms with Gasteiger partial charge in [0.25, 0.3) is 0 Å². The van der Waals surface area contributed by atoms with Crippen molar-refractivity contribution < 1.29 is 13.2 Å². The number of benzene rings is 1. The topological polar surface area (TPSA) is 49.9 Å². The maximum Gasteiger partial charge on any atom is 0.243 e. The predicted octanol–water partition coefficient (Wildman–Crippen LogP) is 1.17. The number of nitrogens with zero attached hydrogens (tertiary/aromatic N) is 2. The summed E-state index contributed by atoms with van der Waals surface area (Å²) >= 11 is 0. The van der Waals surface area contributed by atoms with Crippen LogP contribution in [0.2, 0.25) is 0 Å². The molecule has 0 amide bonds. The van der Waals surface area contributed by atoms with Gasteiger partial charge >= 0.3 is 0 Å². The summed E-state index contributed by atoms with van der Waals surface area (Å²) in [7, 11) is -1.36. The lowest BCUT2D eigenvalue weighted by Crippen LogP contribution is -2.59. The van der Waals surface area contributed by atoms with Crippen molar-refractivity contribution in [3.8, 4) is 0 Å². The molecule has 21 heavy (non-hydrogen) atoms. The lowest BCUT2D eigenvalue weighted by atomic mass is 9.92. The summed E-state index contributed by atoms with van der Waals surface area (Å²) in [5, 5.41) is 0. The molecule has 0 aromatic heterocycles. The summed E-state index contributed by atoms with van der Waals surface area (Å²) in [6.07, 6.45) is 1.78. The van der Waals surface area contributed by atoms with Gasteiger partial charge in [-0.2, -0.15) is 4.31 Å². The van der Waals surface area contributed by atoms with Crippen LogP contribution in [0.15, 0.2) is 35.2 Å². The van der Waals surface area contributed by atoms with Crippen LogP contribution in [0.1, 0.15) is 12.8 Å². The molecule has 2 aliphatic heterocycles. The number of piperidine rings is 1. The Morgan fingerprint density at radius 2 is 1.90 bits per heavy atom. The van der Waals surface area contributed by atoms with Gasteiger partial charge in [0.05, 0.1) is 17.1 Å². The summed E-state index contributed by atoms with van der Waals surface area (Å²) in [6, 6.07) is 8.67. The third-order valence-corrected chi connectivity index (χ3v) is 6.18. The van der Waals surface area contributed by atoms with Crippen molar-refractivity contribution >= 4 is 10.0 Å². The van der Waals surface area contributed by atoms with E-state index in [2.05, 4.69) is 11.9 Å². The Hall–Kier alpha value is -0.950. The summed E-state index contributed by atoms with van der Waals surface area (Å²) in [6.45, 7) is 3.41. The SMILES string of the molecule is CN1CCOC2(CCCN(S(=O)(=O)c3ccccc3)C2)C1. The fraction of sp³-hybridized carbons (Fsp3) is 0.600. The van der Waals surface area contributed by atoms with Gasteiger partial charge in [-0.1, -0.05) is 18.2 Å². The second-order valence-corrected chi connectivity index (χ2v) is 7.96. The molecule has 1 aromatic carbocycles. The Morgan fingerprint density at radius 1 is 1.14 bits per heavy atom. The lowest BCUT2D eigenvalue weighted by molar-refractivity contribution is -0.124. The van der Waals surface area contributed by atoms with Gasteiger partial charge in [0.1, 0.15) is 0 Å². The largest absolute Gasteiger partial charge is 0.371 e. The molecule has 6 heteroatoms. The normalized spacial score (nSPS) is 28.8. The molecule has 0 radical (unpaired) electrons. The lowest BCUT2D eigenvalue weighted by Gasteiger charge is -2.46. The number of hydrogen-bond donors (Lipinski definition) is 0. The molecule has 2 fully saturated rings. The Balaban J connectivity index is 1.83. The quantitative estimate of drug-likeness (QED) is 0.823. The molecule has 3 rings (SSSR count). The van der Waals surface area contributed by atoms with Crippen molar-refractivity contribution in [3.63, 3.8) is 0 Å². The number of ether oxygens (including phenoxy) is 1. The Labute approximate surface area is 126 Å². The first-order chi connectivity index (χ1) is 10.0. The average molecular weight is 310 g/mol. The van der Waals surface area contributed by atoms with Gasteiger partial charge in [0.2, 0.25) is 10.0 Å². The second kappa shape index (κ2) is 5.68. The van der Waals surface area contributed by atoms with Crippen LogP contribution in [0.25, 0.3) is 0 Å². The first-order valence-corrected chi connectivity index (χ1v) is 8.84. The maximum absolute atomic E-state index is 12.8. The average Bonchev–Trinajstić information content (AvgIpc) is 2.48. The molecule has 1 spiro atoms. The van der Waals surface area contributed by atoms with E-state index in [1.807, 2.05) is 6.07 Å². The molecule has 1 unspecified atom stereocenters. The Morgan fingerprint density at radius 3 is 2.62 bits per heavy atom. The highest BCUT2D eigenvalue weighted by molar-refractivity contribution is 7.89. The molecule has 2 saturated heterocycles. The molecule has 2 aliphatic rings. The molecule has 0 N–H and O–H groups in total. The van der Waals surface area contributed by atoms with Crippen molar-refractivity contribution in [3.05, 3.63) is 30.3 Å². The minimum Gasteiger partial charge on any atom is -0.371 e. The van der Waals surface area contributed by atoms with E-state index in [1.165, 1.54) is 0 Å². The van der Waals surface area contributed by atoms with Crippen LogP contribution in [-0.2, 0) is 14.8 Å². The zero-order valence-electron chi connectivity index (χ0n) is 12.4. The zero-order valence-corrected chi connectivity index (χ0v) is 13.2. The third kappa shape index (κ3) is 2.99. The number of hydrogen-bond acceptors (Lipinski definition) is 4. The van der Waals surface area contributed by atoms with Gasteiger partial charge in [0.15, 0.2) is 0 Å². The number of sulfonamides is 1. The van der Waals surface area contributed by atoms with Crippen LogP contribution >= 0.6 is 0 Å². The van der Waals surface area contributed by atoms with Gasteiger partial charge in [-0.25, -0.2) is 8.42 Å². The molecular formula is C15H22N2O3S. The first-order valence-electron chi connectivity index (χ1n) is 7.40. The smallest absolute Gasteiger partial charge is 0.243 e. The van der Waals surface area contributed by atoms with E-state index >= 15 is 0 Å². The van der Waals surface area contributed by atoms with Crippen LogP contribution < -0.4 is 0 Å². The van der Waals surface area contributed by atoms with Gasteiger partial charge in [-0.3, -0.25) is 0 Å². The Bertz CT molecular complexity index is 586. The fourth-order valence-electron chi connectivity index (χ4n) is 3.29. The standard InChI is InChI=1S/C15H22N2O3S/c1-16-10-11-20-15(12-16)8-5-9-17(13-15)21(18,19)14-6-3-2-4-7-14/h2-4,6-7H,5,8-13H2,1H3. The highest BCUT2D eigenvalue weighted by atomic mass is 32.2. The van der Waals surface area contributed by atoms with E-state index in [0.29, 0.717) is 24.6 Å². The summed E-state index contributed by atoms with van der Waals surface area (Å²) < 4.78 is 33.1. The van der Waals surface area contributed by atoms with E-state index in [-0.39, 0.29) is 5.60 Å². The molecule has 0 bridgehead atoms. The first kappa shape index (κ1) is 15.0. The zero-order chi connectivity index (χ0) is 14.9. The third-order valence-electron chi connectivity index (χ3n) is 4.32. The van der Waals surface area contributed by atoms with E-state index in [4.69, 9.17) is 4.74 Å². The van der Waals surface area contributed by atoms with Crippen molar-refractivity contribution in [1.29, 1.82) is 0 Å². The molecule has 1 aromatic rings. The van der Waals surface area contributed by atoms with Gasteiger partial charge < -0.3 is 9.64 Å². The number of rotatable bonds is 2. The monoisotopic (exact) mass is 310 g/mol. The van der Waals surface area contributed by atoms with E-state index in [0.717, 1.165) is 25.9 Å². The molecule has 0 aliphatic carbocycles. The minimum absolute atomic E-state index is 0.340. The minimum atomic E-state index is -3.42. The van der Waals surface area contributed by atoms with Crippen LogP contribution in [0.4, 0.5) is 0 Å². The predicted molar refractivity (Wildman–Crippen MR) is 80.6 cm³/mol. The van der Waals surface area contributed by atoms with Crippen molar-refractivity contribution in [2.45, 2.75) is 23.3 Å². The fourth-order valence-corrected chi connectivity index (χ4v) is 4.86. The van der Waals surface area contributed by atoms with Crippen LogP contribution in [0.3, 0.4) is 0 Å². The van der Waals surface area contributed by atoms with Gasteiger partial charge in [-0.05, 0) is 32.0 Å². The van der Waals surface area contributed by atoms with Crippen LogP contribution in [-0.4, -0.2) is 63.1 Å². The van der Waals surface area contributed by atoms with E-state index < -0.39 is 10.0 Å². The van der Waals surface area contributed by atoms with E-state index in [1.54, 1.807) is 28.6 Å². The number of likely N-dealkylation sites (N-methyl/N-ethyl adjacent to an activating group) is 1. The van der Waals surface area contributed by atoms with E-state index in [9.17, 15) is 8.42 Å². The maximum atomic E-state index is 12.8. The molecular weight excluding hydrogens is 288 g/mol. The van der Waals surface area contributed by atoms with Gasteiger partial charge in [0, 0.05) is 26.2 Å². The van der Waals surface area contributed by atoms with Crippen molar-refractivity contribution in [1.82, 2.24) is 9.21 Å². The molecule has 5 nitrogen and oxygen atoms in total. The highest BCUT2D eigenvalue weighted by Gasteiger charge is 2.43. The summed E-state index contributed by atoms with van der Waals surface area (Å²) in [4.78, 5) is 2.59.